The van der Waals surface area contributed by atoms with Gasteiger partial charge in [0.25, 0.3) is 0 Å². The summed E-state index contributed by atoms with van der Waals surface area (Å²) in [5, 5.41) is 0. The van der Waals surface area contributed by atoms with Crippen LogP contribution in [0.4, 0.5) is 0 Å². The average molecular weight is 192 g/mol. The van der Waals surface area contributed by atoms with Crippen molar-refractivity contribution in [2.75, 3.05) is 12.3 Å². The molecule has 0 bridgehead atoms. The molecule has 3 N–H and O–H groups in total. The van der Waals surface area contributed by atoms with Crippen LogP contribution in [0.15, 0.2) is 0 Å². The lowest BCUT2D eigenvalue weighted by atomic mass is 10.4. The van der Waals surface area contributed by atoms with Crippen molar-refractivity contribution < 1.29 is 8.42 Å². The molecule has 1 rings (SSSR count). The van der Waals surface area contributed by atoms with Crippen LogP contribution in [0.2, 0.25) is 0 Å². The summed E-state index contributed by atoms with van der Waals surface area (Å²) < 4.78 is 25.1. The van der Waals surface area contributed by atoms with Crippen molar-refractivity contribution in [3.05, 3.63) is 0 Å². The Morgan fingerprint density at radius 3 is 2.58 bits per heavy atom. The van der Waals surface area contributed by atoms with Gasteiger partial charge in [0.2, 0.25) is 10.0 Å². The van der Waals surface area contributed by atoms with Crippen molar-refractivity contribution in [3.63, 3.8) is 0 Å². The van der Waals surface area contributed by atoms with Crippen LogP contribution in [-0.2, 0) is 10.0 Å². The Kier molecular flexibility index (Phi) is 3.09. The third-order valence-corrected chi connectivity index (χ3v) is 3.56. The molecule has 0 saturated heterocycles. The van der Waals surface area contributed by atoms with Gasteiger partial charge in [-0.1, -0.05) is 0 Å². The standard InChI is InChI=1S/C7H16N2O2S/c1-6(4-8)9-12(10,11)5-7-2-3-7/h6-7,9H,2-5,8H2,1H3. The summed E-state index contributed by atoms with van der Waals surface area (Å²) in [6.07, 6.45) is 2.11. The maximum absolute atomic E-state index is 11.3. The Hall–Kier alpha value is -0.130. The highest BCUT2D eigenvalue weighted by Gasteiger charge is 2.28. The molecule has 1 atom stereocenters. The summed E-state index contributed by atoms with van der Waals surface area (Å²) in [4.78, 5) is 0. The molecule has 0 spiro atoms. The lowest BCUT2D eigenvalue weighted by Gasteiger charge is -2.10. The fourth-order valence-electron chi connectivity index (χ4n) is 0.998. The second-order valence-corrected chi connectivity index (χ2v) is 5.28. The number of nitrogens with two attached hydrogens (primary N) is 1. The first-order chi connectivity index (χ1) is 5.53. The van der Waals surface area contributed by atoms with Crippen molar-refractivity contribution in [2.24, 2.45) is 11.7 Å². The number of nitrogens with one attached hydrogen (secondary N) is 1. The minimum Gasteiger partial charge on any atom is -0.329 e. The van der Waals surface area contributed by atoms with E-state index in [1.165, 1.54) is 0 Å². The minimum atomic E-state index is -3.06. The summed E-state index contributed by atoms with van der Waals surface area (Å²) >= 11 is 0. The zero-order valence-electron chi connectivity index (χ0n) is 7.29. The van der Waals surface area contributed by atoms with Crippen LogP contribution in [0.25, 0.3) is 0 Å². The van der Waals surface area contributed by atoms with E-state index >= 15 is 0 Å². The monoisotopic (exact) mass is 192 g/mol. The lowest BCUT2D eigenvalue weighted by molar-refractivity contribution is 0.559. The second kappa shape index (κ2) is 3.72. The Morgan fingerprint density at radius 2 is 2.17 bits per heavy atom. The zero-order valence-corrected chi connectivity index (χ0v) is 8.10. The number of sulfonamides is 1. The minimum absolute atomic E-state index is 0.145. The molecule has 1 fully saturated rings. The predicted octanol–water partition coefficient (Wildman–Crippen LogP) is -0.337. The summed E-state index contributed by atoms with van der Waals surface area (Å²) in [6.45, 7) is 2.12. The fraction of sp³-hybridized carbons (Fsp3) is 1.00. The molecular weight excluding hydrogens is 176 g/mol. The molecule has 0 aromatic carbocycles. The first kappa shape index (κ1) is 9.95. The number of hydrogen-bond acceptors (Lipinski definition) is 3. The highest BCUT2D eigenvalue weighted by atomic mass is 32.2. The molecule has 0 aliphatic heterocycles. The molecule has 1 saturated carbocycles. The lowest BCUT2D eigenvalue weighted by Crippen LogP contribution is -2.39. The number of rotatable bonds is 5. The highest BCUT2D eigenvalue weighted by molar-refractivity contribution is 7.89. The molecule has 1 unspecified atom stereocenters. The quantitative estimate of drug-likeness (QED) is 0.626. The van der Waals surface area contributed by atoms with E-state index in [9.17, 15) is 8.42 Å². The van der Waals surface area contributed by atoms with E-state index < -0.39 is 10.0 Å². The first-order valence-electron chi connectivity index (χ1n) is 4.23. The second-order valence-electron chi connectivity index (χ2n) is 3.48. The SMILES string of the molecule is CC(CN)NS(=O)(=O)CC1CC1. The maximum Gasteiger partial charge on any atom is 0.212 e. The molecule has 5 heteroatoms. The van der Waals surface area contributed by atoms with Crippen molar-refractivity contribution in [1.82, 2.24) is 4.72 Å². The molecule has 1 aliphatic rings. The van der Waals surface area contributed by atoms with Crippen LogP contribution >= 0.6 is 0 Å². The van der Waals surface area contributed by atoms with Gasteiger partial charge in [0.05, 0.1) is 5.75 Å². The van der Waals surface area contributed by atoms with Gasteiger partial charge in [0, 0.05) is 12.6 Å². The molecular formula is C7H16N2O2S. The molecule has 0 heterocycles. The van der Waals surface area contributed by atoms with Crippen molar-refractivity contribution in [1.29, 1.82) is 0 Å². The summed E-state index contributed by atoms with van der Waals surface area (Å²) in [6, 6.07) is -0.145. The van der Waals surface area contributed by atoms with Gasteiger partial charge >= 0.3 is 0 Å². The average Bonchev–Trinajstić information content (AvgIpc) is 2.69. The third kappa shape index (κ3) is 3.51. The van der Waals surface area contributed by atoms with Gasteiger partial charge in [-0.25, -0.2) is 13.1 Å². The normalized spacial score (nSPS) is 20.8. The summed E-state index contributed by atoms with van der Waals surface area (Å²) in [5.41, 5.74) is 5.30. The largest absolute Gasteiger partial charge is 0.329 e. The van der Waals surface area contributed by atoms with Crippen LogP contribution in [0, 0.1) is 5.92 Å². The van der Waals surface area contributed by atoms with Crippen molar-refractivity contribution in [2.45, 2.75) is 25.8 Å². The Labute approximate surface area is 73.6 Å². The molecule has 0 aromatic rings. The maximum atomic E-state index is 11.3. The van der Waals surface area contributed by atoms with E-state index in [1.54, 1.807) is 6.92 Å². The first-order valence-corrected chi connectivity index (χ1v) is 5.89. The van der Waals surface area contributed by atoms with Crippen LogP contribution in [0.1, 0.15) is 19.8 Å². The van der Waals surface area contributed by atoms with Gasteiger partial charge < -0.3 is 5.73 Å². The van der Waals surface area contributed by atoms with E-state index in [0.29, 0.717) is 12.5 Å². The Morgan fingerprint density at radius 1 is 1.58 bits per heavy atom. The zero-order chi connectivity index (χ0) is 9.19. The molecule has 1 aliphatic carbocycles. The van der Waals surface area contributed by atoms with Crippen LogP contribution in [0.5, 0.6) is 0 Å². The van der Waals surface area contributed by atoms with Gasteiger partial charge in [-0.3, -0.25) is 0 Å². The molecule has 12 heavy (non-hydrogen) atoms. The van der Waals surface area contributed by atoms with Crippen LogP contribution in [0.3, 0.4) is 0 Å². The third-order valence-electron chi connectivity index (χ3n) is 1.89. The number of hydrogen-bond donors (Lipinski definition) is 2. The molecule has 0 radical (unpaired) electrons. The molecule has 4 nitrogen and oxygen atoms in total. The van der Waals surface area contributed by atoms with Crippen molar-refractivity contribution in [3.8, 4) is 0 Å². The Balaban J connectivity index is 2.36. The topological polar surface area (TPSA) is 72.2 Å². The van der Waals surface area contributed by atoms with E-state index in [2.05, 4.69) is 4.72 Å². The molecule has 72 valence electrons. The van der Waals surface area contributed by atoms with Crippen LogP contribution < -0.4 is 10.5 Å². The van der Waals surface area contributed by atoms with E-state index in [4.69, 9.17) is 5.73 Å². The van der Waals surface area contributed by atoms with Gasteiger partial charge in [0.1, 0.15) is 0 Å². The van der Waals surface area contributed by atoms with E-state index in [0.717, 1.165) is 12.8 Å². The summed E-state index contributed by atoms with van der Waals surface area (Å²) in [7, 11) is -3.06. The van der Waals surface area contributed by atoms with E-state index in [1.807, 2.05) is 0 Å². The van der Waals surface area contributed by atoms with Gasteiger partial charge in [-0.2, -0.15) is 0 Å². The van der Waals surface area contributed by atoms with Gasteiger partial charge in [-0.15, -0.1) is 0 Å². The van der Waals surface area contributed by atoms with Gasteiger partial charge in [0.15, 0.2) is 0 Å². The van der Waals surface area contributed by atoms with Crippen LogP contribution in [-0.4, -0.2) is 26.8 Å². The molecule has 0 amide bonds. The van der Waals surface area contributed by atoms with E-state index in [-0.39, 0.29) is 11.8 Å². The summed E-state index contributed by atoms with van der Waals surface area (Å²) in [5.74, 6) is 0.671. The Bertz CT molecular complexity index is 234. The highest BCUT2D eigenvalue weighted by Crippen LogP contribution is 2.29. The smallest absolute Gasteiger partial charge is 0.212 e. The predicted molar refractivity (Wildman–Crippen MR) is 48.2 cm³/mol. The van der Waals surface area contributed by atoms with Crippen molar-refractivity contribution >= 4 is 10.0 Å². The molecule has 0 aromatic heterocycles. The fourth-order valence-corrected chi connectivity index (χ4v) is 2.76. The van der Waals surface area contributed by atoms with Gasteiger partial charge in [-0.05, 0) is 25.7 Å².